The Morgan fingerprint density at radius 1 is 1.43 bits per heavy atom. The predicted molar refractivity (Wildman–Crippen MR) is 79.9 cm³/mol. The molecule has 3 atom stereocenters. The van der Waals surface area contributed by atoms with Crippen molar-refractivity contribution in [3.63, 3.8) is 0 Å². The smallest absolute Gasteiger partial charge is 0.309 e. The van der Waals surface area contributed by atoms with Crippen LogP contribution in [0.1, 0.15) is 38.3 Å². The van der Waals surface area contributed by atoms with Crippen molar-refractivity contribution in [2.75, 3.05) is 11.9 Å². The minimum Gasteiger partial charge on any atom is -0.459 e. The summed E-state index contributed by atoms with van der Waals surface area (Å²) in [6, 6.07) is 0. The summed E-state index contributed by atoms with van der Waals surface area (Å²) in [6.45, 7) is 1.70. The Labute approximate surface area is 128 Å². The molecule has 1 aromatic rings. The molecular weight excluding hydrogens is 288 g/mol. The van der Waals surface area contributed by atoms with Crippen LogP contribution in [0.2, 0.25) is 0 Å². The number of rotatable bonds is 4. The Hall–Kier alpha value is -1.43. The van der Waals surface area contributed by atoms with Crippen LogP contribution >= 0.6 is 11.3 Å². The van der Waals surface area contributed by atoms with Gasteiger partial charge in [-0.15, -0.1) is 11.3 Å². The van der Waals surface area contributed by atoms with E-state index >= 15 is 0 Å². The number of ether oxygens (including phenoxy) is 1. The first-order valence-electron chi connectivity index (χ1n) is 7.40. The number of nitrogens with zero attached hydrogens (tertiary/aromatic N) is 2. The average molecular weight is 308 g/mol. The van der Waals surface area contributed by atoms with Crippen LogP contribution in [-0.2, 0) is 20.9 Å². The number of aromatic nitrogens is 1. The predicted octanol–water partition coefficient (Wildman–Crippen LogP) is 2.61. The number of carbonyl (C=O) groups is 2. The van der Waals surface area contributed by atoms with E-state index in [0.717, 1.165) is 12.3 Å². The van der Waals surface area contributed by atoms with Crippen molar-refractivity contribution in [2.45, 2.75) is 39.2 Å². The molecule has 114 valence electrons. The summed E-state index contributed by atoms with van der Waals surface area (Å²) in [7, 11) is 1.69. The molecule has 2 bridgehead atoms. The number of thiazole rings is 1. The van der Waals surface area contributed by atoms with Gasteiger partial charge in [0.2, 0.25) is 5.91 Å². The second-order valence-corrected chi connectivity index (χ2v) is 6.93. The number of hydrogen-bond donors (Lipinski definition) is 0. The fourth-order valence-electron chi connectivity index (χ4n) is 3.44. The van der Waals surface area contributed by atoms with Gasteiger partial charge in [-0.3, -0.25) is 14.5 Å². The quantitative estimate of drug-likeness (QED) is 0.802. The molecule has 0 saturated heterocycles. The largest absolute Gasteiger partial charge is 0.459 e. The van der Waals surface area contributed by atoms with Crippen LogP contribution in [-0.4, -0.2) is 23.9 Å². The second kappa shape index (κ2) is 5.75. The summed E-state index contributed by atoms with van der Waals surface area (Å²) in [4.78, 5) is 29.2. The van der Waals surface area contributed by atoms with E-state index < -0.39 is 0 Å². The van der Waals surface area contributed by atoms with Crippen LogP contribution in [0.15, 0.2) is 5.38 Å². The average Bonchev–Trinajstić information content (AvgIpc) is 3.19. The maximum Gasteiger partial charge on any atom is 0.309 e. The Bertz CT molecular complexity index is 557. The van der Waals surface area contributed by atoms with Crippen molar-refractivity contribution in [3.05, 3.63) is 11.1 Å². The third kappa shape index (κ3) is 2.95. The number of amides is 1. The number of esters is 1. The molecule has 0 N–H and O–H groups in total. The molecule has 0 spiro atoms. The molecule has 0 aliphatic heterocycles. The van der Waals surface area contributed by atoms with E-state index in [-0.39, 0.29) is 24.4 Å². The summed E-state index contributed by atoms with van der Waals surface area (Å²) in [5.74, 6) is 1.24. The minimum absolute atomic E-state index is 0.0603. The van der Waals surface area contributed by atoms with Gasteiger partial charge in [0.25, 0.3) is 0 Å². The van der Waals surface area contributed by atoms with Gasteiger partial charge >= 0.3 is 5.97 Å². The Kier molecular flexibility index (Phi) is 3.97. The molecule has 0 aromatic carbocycles. The van der Waals surface area contributed by atoms with Crippen LogP contribution in [0.5, 0.6) is 0 Å². The maximum atomic E-state index is 12.1. The lowest BCUT2D eigenvalue weighted by Crippen LogP contribution is -2.23. The third-order valence-corrected chi connectivity index (χ3v) is 5.67. The lowest BCUT2D eigenvalue weighted by molar-refractivity contribution is -0.151. The number of carbonyl (C=O) groups excluding carboxylic acids is 2. The number of anilines is 1. The van der Waals surface area contributed by atoms with E-state index in [1.807, 2.05) is 5.38 Å². The molecule has 0 radical (unpaired) electrons. The van der Waals surface area contributed by atoms with E-state index in [0.29, 0.717) is 16.7 Å². The van der Waals surface area contributed by atoms with Crippen LogP contribution in [0.4, 0.5) is 5.13 Å². The fourth-order valence-corrected chi connectivity index (χ4v) is 4.26. The summed E-state index contributed by atoms with van der Waals surface area (Å²) in [6.07, 6.45) is 4.65. The zero-order valence-corrected chi connectivity index (χ0v) is 13.2. The monoisotopic (exact) mass is 308 g/mol. The van der Waals surface area contributed by atoms with Crippen LogP contribution in [0, 0.1) is 17.8 Å². The van der Waals surface area contributed by atoms with Gasteiger partial charge in [-0.05, 0) is 31.1 Å². The summed E-state index contributed by atoms with van der Waals surface area (Å²) >= 11 is 1.38. The molecule has 2 fully saturated rings. The highest BCUT2D eigenvalue weighted by Gasteiger charge is 2.43. The van der Waals surface area contributed by atoms with Crippen molar-refractivity contribution < 1.29 is 14.3 Å². The van der Waals surface area contributed by atoms with E-state index in [9.17, 15) is 9.59 Å². The number of fused-ring (bicyclic) bond motifs is 2. The number of hydrogen-bond acceptors (Lipinski definition) is 5. The molecule has 3 rings (SSSR count). The van der Waals surface area contributed by atoms with Crippen LogP contribution in [0.3, 0.4) is 0 Å². The van der Waals surface area contributed by atoms with Gasteiger partial charge in [-0.2, -0.15) is 0 Å². The Morgan fingerprint density at radius 3 is 2.86 bits per heavy atom. The highest BCUT2D eigenvalue weighted by molar-refractivity contribution is 7.14. The van der Waals surface area contributed by atoms with Gasteiger partial charge < -0.3 is 4.74 Å². The minimum atomic E-state index is -0.0725. The molecule has 5 nitrogen and oxygen atoms in total. The molecule has 3 unspecified atom stereocenters. The normalized spacial score (nSPS) is 26.9. The van der Waals surface area contributed by atoms with Crippen molar-refractivity contribution >= 4 is 28.3 Å². The van der Waals surface area contributed by atoms with Gasteiger partial charge in [0.15, 0.2) is 5.13 Å². The lowest BCUT2D eigenvalue weighted by atomic mass is 9.89. The van der Waals surface area contributed by atoms with Crippen molar-refractivity contribution in [1.29, 1.82) is 0 Å². The van der Waals surface area contributed by atoms with E-state index in [1.165, 1.54) is 42.4 Å². The topological polar surface area (TPSA) is 59.5 Å². The highest BCUT2D eigenvalue weighted by atomic mass is 32.1. The van der Waals surface area contributed by atoms with Gasteiger partial charge in [0.05, 0.1) is 11.6 Å². The van der Waals surface area contributed by atoms with E-state index in [1.54, 1.807) is 7.05 Å². The van der Waals surface area contributed by atoms with E-state index in [4.69, 9.17) is 4.74 Å². The molecule has 1 heterocycles. The van der Waals surface area contributed by atoms with Crippen molar-refractivity contribution in [1.82, 2.24) is 4.98 Å². The van der Waals surface area contributed by atoms with Crippen molar-refractivity contribution in [2.24, 2.45) is 17.8 Å². The maximum absolute atomic E-state index is 12.1. The molecule has 2 aliphatic rings. The Morgan fingerprint density at radius 2 is 2.24 bits per heavy atom. The molecule has 21 heavy (non-hydrogen) atoms. The lowest BCUT2D eigenvalue weighted by Gasteiger charge is -2.19. The second-order valence-electron chi connectivity index (χ2n) is 6.09. The fraction of sp³-hybridized carbons (Fsp3) is 0.667. The molecular formula is C15H20N2O3S. The van der Waals surface area contributed by atoms with E-state index in [2.05, 4.69) is 4.98 Å². The molecule has 2 aliphatic carbocycles. The van der Waals surface area contributed by atoms with Crippen LogP contribution in [0.25, 0.3) is 0 Å². The first kappa shape index (κ1) is 14.5. The third-order valence-electron chi connectivity index (χ3n) is 4.70. The summed E-state index contributed by atoms with van der Waals surface area (Å²) < 4.78 is 5.42. The van der Waals surface area contributed by atoms with Gasteiger partial charge in [0, 0.05) is 19.4 Å². The van der Waals surface area contributed by atoms with Crippen LogP contribution < -0.4 is 4.90 Å². The van der Waals surface area contributed by atoms with Gasteiger partial charge in [0.1, 0.15) is 6.61 Å². The first-order valence-corrected chi connectivity index (χ1v) is 8.28. The Balaban J connectivity index is 1.53. The van der Waals surface area contributed by atoms with Crippen molar-refractivity contribution in [3.8, 4) is 0 Å². The molecule has 6 heteroatoms. The van der Waals surface area contributed by atoms with Gasteiger partial charge in [-0.1, -0.05) is 6.42 Å². The highest BCUT2D eigenvalue weighted by Crippen LogP contribution is 2.48. The summed E-state index contributed by atoms with van der Waals surface area (Å²) in [5, 5.41) is 2.47. The molecule has 1 aromatic heterocycles. The zero-order chi connectivity index (χ0) is 15.0. The zero-order valence-electron chi connectivity index (χ0n) is 12.4. The van der Waals surface area contributed by atoms with Gasteiger partial charge in [-0.25, -0.2) is 4.98 Å². The SMILES string of the molecule is CC(=O)N(C)c1nc(COC(=O)C2CC3CCC2C3)cs1. The molecule has 1 amide bonds. The standard InChI is InChI=1S/C15H20N2O3S/c1-9(18)17(2)15-16-12(8-21-15)7-20-14(19)13-6-10-3-4-11(13)5-10/h8,10-11,13H,3-7H2,1-2H3. The molecule has 2 saturated carbocycles. The summed E-state index contributed by atoms with van der Waals surface area (Å²) in [5.41, 5.74) is 0.708. The first-order chi connectivity index (χ1) is 10.0.